The Balaban J connectivity index is 1.87. The van der Waals surface area contributed by atoms with Crippen molar-refractivity contribution in [3.05, 3.63) is 12.5 Å². The average molecular weight is 156 g/mol. The van der Waals surface area contributed by atoms with Crippen molar-refractivity contribution in [2.45, 2.75) is 45.3 Å². The van der Waals surface area contributed by atoms with Gasteiger partial charge in [-0.05, 0) is 6.42 Å². The summed E-state index contributed by atoms with van der Waals surface area (Å²) in [5.41, 5.74) is 0. The Kier molecular flexibility index (Phi) is 3.87. The SMILES string of the molecule is CCCCCCC1OC=CO1. The first-order valence-electron chi connectivity index (χ1n) is 4.39. The van der Waals surface area contributed by atoms with Crippen molar-refractivity contribution in [3.8, 4) is 0 Å². The smallest absolute Gasteiger partial charge is 0.239 e. The van der Waals surface area contributed by atoms with Crippen LogP contribution in [0.5, 0.6) is 0 Å². The summed E-state index contributed by atoms with van der Waals surface area (Å²) in [6.07, 6.45) is 9.36. The van der Waals surface area contributed by atoms with E-state index in [2.05, 4.69) is 6.92 Å². The van der Waals surface area contributed by atoms with Crippen LogP contribution in [0.2, 0.25) is 0 Å². The Morgan fingerprint density at radius 2 is 1.82 bits per heavy atom. The van der Waals surface area contributed by atoms with E-state index in [1.807, 2.05) is 0 Å². The summed E-state index contributed by atoms with van der Waals surface area (Å²) in [4.78, 5) is 0. The van der Waals surface area contributed by atoms with Gasteiger partial charge in [-0.25, -0.2) is 0 Å². The van der Waals surface area contributed by atoms with Gasteiger partial charge in [-0.3, -0.25) is 0 Å². The third kappa shape index (κ3) is 3.30. The molecule has 2 nitrogen and oxygen atoms in total. The third-order valence-electron chi connectivity index (χ3n) is 1.81. The Morgan fingerprint density at radius 1 is 1.09 bits per heavy atom. The highest BCUT2D eigenvalue weighted by molar-refractivity contribution is 4.70. The molecule has 1 heterocycles. The molecule has 0 radical (unpaired) electrons. The van der Waals surface area contributed by atoms with E-state index in [4.69, 9.17) is 9.47 Å². The molecule has 1 aliphatic rings. The highest BCUT2D eigenvalue weighted by Gasteiger charge is 2.10. The van der Waals surface area contributed by atoms with Crippen LogP contribution in [-0.4, -0.2) is 6.29 Å². The molecule has 0 unspecified atom stereocenters. The number of unbranched alkanes of at least 4 members (excludes halogenated alkanes) is 3. The predicted octanol–water partition coefficient (Wildman–Crippen LogP) is 2.80. The fourth-order valence-electron chi connectivity index (χ4n) is 1.15. The largest absolute Gasteiger partial charge is 0.459 e. The van der Waals surface area contributed by atoms with Gasteiger partial charge in [0, 0.05) is 6.42 Å². The molecule has 0 bridgehead atoms. The quantitative estimate of drug-likeness (QED) is 0.570. The molecule has 0 N–H and O–H groups in total. The molecule has 2 heteroatoms. The van der Waals surface area contributed by atoms with E-state index in [0.29, 0.717) is 0 Å². The lowest BCUT2D eigenvalue weighted by Gasteiger charge is -2.08. The molecule has 11 heavy (non-hydrogen) atoms. The molecule has 0 atom stereocenters. The van der Waals surface area contributed by atoms with Crippen LogP contribution in [0.1, 0.15) is 39.0 Å². The summed E-state index contributed by atoms with van der Waals surface area (Å²) in [7, 11) is 0. The monoisotopic (exact) mass is 156 g/mol. The van der Waals surface area contributed by atoms with Crippen LogP contribution >= 0.6 is 0 Å². The van der Waals surface area contributed by atoms with Gasteiger partial charge in [0.15, 0.2) is 0 Å². The molecule has 64 valence electrons. The highest BCUT2D eigenvalue weighted by atomic mass is 16.7. The third-order valence-corrected chi connectivity index (χ3v) is 1.81. The first-order valence-corrected chi connectivity index (χ1v) is 4.39. The minimum Gasteiger partial charge on any atom is -0.459 e. The Bertz CT molecular complexity index is 113. The molecule has 1 rings (SSSR count). The molecule has 0 amide bonds. The first kappa shape index (κ1) is 8.44. The van der Waals surface area contributed by atoms with Gasteiger partial charge in [0.1, 0.15) is 12.5 Å². The fourth-order valence-corrected chi connectivity index (χ4v) is 1.15. The molecular formula is C9H16O2. The van der Waals surface area contributed by atoms with Gasteiger partial charge in [0.05, 0.1) is 0 Å². The van der Waals surface area contributed by atoms with Crippen molar-refractivity contribution in [2.24, 2.45) is 0 Å². The van der Waals surface area contributed by atoms with E-state index in [-0.39, 0.29) is 6.29 Å². The molecule has 0 aromatic heterocycles. The highest BCUT2D eigenvalue weighted by Crippen LogP contribution is 2.13. The molecule has 0 fully saturated rings. The maximum Gasteiger partial charge on any atom is 0.239 e. The predicted molar refractivity (Wildman–Crippen MR) is 43.9 cm³/mol. The summed E-state index contributed by atoms with van der Waals surface area (Å²) in [5, 5.41) is 0. The van der Waals surface area contributed by atoms with E-state index < -0.39 is 0 Å². The average Bonchev–Trinajstić information content (AvgIpc) is 2.50. The molecule has 0 saturated carbocycles. The molecule has 0 spiro atoms. The summed E-state index contributed by atoms with van der Waals surface area (Å²) in [5.74, 6) is 0. The van der Waals surface area contributed by atoms with E-state index >= 15 is 0 Å². The molecular weight excluding hydrogens is 140 g/mol. The summed E-state index contributed by atoms with van der Waals surface area (Å²) in [6.45, 7) is 2.21. The molecule has 0 saturated heterocycles. The van der Waals surface area contributed by atoms with Gasteiger partial charge < -0.3 is 9.47 Å². The number of ether oxygens (including phenoxy) is 2. The van der Waals surface area contributed by atoms with Crippen LogP contribution in [0.25, 0.3) is 0 Å². The second kappa shape index (κ2) is 5.05. The molecule has 0 aromatic rings. The number of hydrogen-bond acceptors (Lipinski definition) is 2. The van der Waals surface area contributed by atoms with Gasteiger partial charge >= 0.3 is 0 Å². The molecule has 0 aromatic carbocycles. The van der Waals surface area contributed by atoms with Crippen LogP contribution in [0.15, 0.2) is 12.5 Å². The van der Waals surface area contributed by atoms with Crippen LogP contribution in [0.3, 0.4) is 0 Å². The van der Waals surface area contributed by atoms with Crippen LogP contribution in [0, 0.1) is 0 Å². The van der Waals surface area contributed by atoms with Crippen molar-refractivity contribution >= 4 is 0 Å². The van der Waals surface area contributed by atoms with Gasteiger partial charge in [-0.1, -0.05) is 26.2 Å². The van der Waals surface area contributed by atoms with Gasteiger partial charge in [-0.2, -0.15) is 0 Å². The Hall–Kier alpha value is -0.660. The maximum absolute atomic E-state index is 5.13. The van der Waals surface area contributed by atoms with Crippen molar-refractivity contribution in [3.63, 3.8) is 0 Å². The summed E-state index contributed by atoms with van der Waals surface area (Å²) < 4.78 is 10.3. The zero-order chi connectivity index (χ0) is 7.94. The van der Waals surface area contributed by atoms with Gasteiger partial charge in [0.2, 0.25) is 6.29 Å². The van der Waals surface area contributed by atoms with Crippen molar-refractivity contribution in [1.29, 1.82) is 0 Å². The normalized spacial score (nSPS) is 16.5. The van der Waals surface area contributed by atoms with Crippen LogP contribution in [-0.2, 0) is 9.47 Å². The first-order chi connectivity index (χ1) is 5.43. The van der Waals surface area contributed by atoms with Crippen molar-refractivity contribution < 1.29 is 9.47 Å². The fraction of sp³-hybridized carbons (Fsp3) is 0.778. The van der Waals surface area contributed by atoms with E-state index in [1.54, 1.807) is 12.5 Å². The Labute approximate surface area is 68.2 Å². The van der Waals surface area contributed by atoms with Crippen LogP contribution in [0.4, 0.5) is 0 Å². The standard InChI is InChI=1S/C9H16O2/c1-2-3-4-5-6-9-10-7-8-11-9/h7-9H,2-6H2,1H3. The molecule has 1 aliphatic heterocycles. The minimum atomic E-state index is 0.00635. The van der Waals surface area contributed by atoms with E-state index in [9.17, 15) is 0 Å². The second-order valence-corrected chi connectivity index (χ2v) is 2.82. The Morgan fingerprint density at radius 3 is 2.45 bits per heavy atom. The lowest BCUT2D eigenvalue weighted by atomic mass is 10.1. The van der Waals surface area contributed by atoms with Crippen molar-refractivity contribution in [2.75, 3.05) is 0 Å². The van der Waals surface area contributed by atoms with Gasteiger partial charge in [-0.15, -0.1) is 0 Å². The van der Waals surface area contributed by atoms with E-state index in [0.717, 1.165) is 6.42 Å². The summed E-state index contributed by atoms with van der Waals surface area (Å²) in [6, 6.07) is 0. The lowest BCUT2D eigenvalue weighted by Crippen LogP contribution is -2.06. The molecule has 0 aliphatic carbocycles. The zero-order valence-corrected chi connectivity index (χ0v) is 7.08. The maximum atomic E-state index is 5.13. The topological polar surface area (TPSA) is 18.5 Å². The minimum absolute atomic E-state index is 0.00635. The number of rotatable bonds is 5. The second-order valence-electron chi connectivity index (χ2n) is 2.82. The van der Waals surface area contributed by atoms with Crippen molar-refractivity contribution in [1.82, 2.24) is 0 Å². The summed E-state index contributed by atoms with van der Waals surface area (Å²) >= 11 is 0. The van der Waals surface area contributed by atoms with E-state index in [1.165, 1.54) is 25.7 Å². The van der Waals surface area contributed by atoms with Crippen LogP contribution < -0.4 is 0 Å². The zero-order valence-electron chi connectivity index (χ0n) is 7.08. The lowest BCUT2D eigenvalue weighted by molar-refractivity contribution is -0.0294. The number of hydrogen-bond donors (Lipinski definition) is 0. The van der Waals surface area contributed by atoms with Gasteiger partial charge in [0.25, 0.3) is 0 Å².